The Morgan fingerprint density at radius 1 is 0.892 bits per heavy atom. The fourth-order valence-electron chi connectivity index (χ4n) is 4.25. The van der Waals surface area contributed by atoms with Crippen molar-refractivity contribution in [2.24, 2.45) is 0 Å². The molecular weight excluding hydrogens is 501 g/mol. The maximum absolute atomic E-state index is 14.1. The van der Waals surface area contributed by atoms with Gasteiger partial charge in [-0.2, -0.15) is 0 Å². The quantitative estimate of drug-likeness (QED) is 0.479. The molecule has 0 unspecified atom stereocenters. The van der Waals surface area contributed by atoms with Gasteiger partial charge in [-0.1, -0.05) is 23.7 Å². The Kier molecular flexibility index (Phi) is 8.03. The van der Waals surface area contributed by atoms with Crippen molar-refractivity contribution >= 4 is 34.8 Å². The molecular formula is C27H27ClFN3O5. The predicted octanol–water partition coefficient (Wildman–Crippen LogP) is 4.72. The number of methoxy groups -OCH3 is 3. The van der Waals surface area contributed by atoms with E-state index < -0.39 is 11.7 Å². The maximum Gasteiger partial charge on any atom is 0.256 e. The van der Waals surface area contributed by atoms with Crippen molar-refractivity contribution in [2.75, 3.05) is 57.7 Å². The summed E-state index contributed by atoms with van der Waals surface area (Å²) in [6, 6.07) is 14.3. The van der Waals surface area contributed by atoms with Gasteiger partial charge >= 0.3 is 0 Å². The van der Waals surface area contributed by atoms with Crippen molar-refractivity contribution < 1.29 is 28.2 Å². The van der Waals surface area contributed by atoms with Crippen LogP contribution in [-0.2, 0) is 0 Å². The van der Waals surface area contributed by atoms with Gasteiger partial charge in [-0.15, -0.1) is 0 Å². The van der Waals surface area contributed by atoms with E-state index >= 15 is 0 Å². The summed E-state index contributed by atoms with van der Waals surface area (Å²) < 4.78 is 30.1. The molecule has 3 aromatic carbocycles. The van der Waals surface area contributed by atoms with E-state index in [0.29, 0.717) is 59.7 Å². The molecule has 194 valence electrons. The smallest absolute Gasteiger partial charge is 0.256 e. The molecule has 0 spiro atoms. The predicted molar refractivity (Wildman–Crippen MR) is 140 cm³/mol. The van der Waals surface area contributed by atoms with Crippen LogP contribution in [0.4, 0.5) is 15.8 Å². The minimum absolute atomic E-state index is 0.0562. The van der Waals surface area contributed by atoms with Crippen molar-refractivity contribution in [1.29, 1.82) is 0 Å². The summed E-state index contributed by atoms with van der Waals surface area (Å²) in [5.74, 6) is -0.180. The Morgan fingerprint density at radius 2 is 1.54 bits per heavy atom. The number of hydrogen-bond donors (Lipinski definition) is 1. The highest BCUT2D eigenvalue weighted by molar-refractivity contribution is 6.31. The van der Waals surface area contributed by atoms with Crippen LogP contribution in [0.2, 0.25) is 5.02 Å². The van der Waals surface area contributed by atoms with Gasteiger partial charge in [-0.25, -0.2) is 4.39 Å². The first-order valence-corrected chi connectivity index (χ1v) is 11.9. The molecule has 0 aromatic heterocycles. The van der Waals surface area contributed by atoms with Crippen LogP contribution in [0.1, 0.15) is 20.7 Å². The normalized spacial score (nSPS) is 13.2. The summed E-state index contributed by atoms with van der Waals surface area (Å²) in [6.07, 6.45) is 0. The molecule has 10 heteroatoms. The summed E-state index contributed by atoms with van der Waals surface area (Å²) in [5.41, 5.74) is 1.63. The van der Waals surface area contributed by atoms with E-state index in [1.54, 1.807) is 41.3 Å². The topological polar surface area (TPSA) is 80.3 Å². The molecule has 4 rings (SSSR count). The van der Waals surface area contributed by atoms with Gasteiger partial charge in [0.1, 0.15) is 5.82 Å². The molecule has 0 radical (unpaired) electrons. The SMILES string of the molecule is COc1cc(C(=O)Nc2cc(Cl)ccc2N2CCN(C(=O)c3ccccc3F)CC2)cc(OC)c1OC. The molecule has 8 nitrogen and oxygen atoms in total. The third-order valence-electron chi connectivity index (χ3n) is 6.15. The molecule has 0 bridgehead atoms. The lowest BCUT2D eigenvalue weighted by Gasteiger charge is -2.37. The summed E-state index contributed by atoms with van der Waals surface area (Å²) in [6.45, 7) is 1.79. The zero-order chi connectivity index (χ0) is 26.5. The Hall–Kier alpha value is -3.98. The number of carbonyl (C=O) groups is 2. The first-order valence-electron chi connectivity index (χ1n) is 11.6. The number of nitrogens with one attached hydrogen (secondary N) is 1. The fourth-order valence-corrected chi connectivity index (χ4v) is 4.42. The van der Waals surface area contributed by atoms with E-state index in [2.05, 4.69) is 5.32 Å². The summed E-state index contributed by atoms with van der Waals surface area (Å²) in [5, 5.41) is 3.38. The Bertz CT molecular complexity index is 1290. The first-order chi connectivity index (χ1) is 17.9. The monoisotopic (exact) mass is 527 g/mol. The number of nitrogens with zero attached hydrogens (tertiary/aromatic N) is 2. The largest absolute Gasteiger partial charge is 0.493 e. The molecule has 2 amide bonds. The Morgan fingerprint density at radius 3 is 2.14 bits per heavy atom. The molecule has 1 fully saturated rings. The number of anilines is 2. The molecule has 3 aromatic rings. The number of hydrogen-bond acceptors (Lipinski definition) is 6. The molecule has 1 aliphatic rings. The molecule has 1 heterocycles. The molecule has 0 atom stereocenters. The Balaban J connectivity index is 1.52. The van der Waals surface area contributed by atoms with Crippen LogP contribution >= 0.6 is 11.6 Å². The lowest BCUT2D eigenvalue weighted by atomic mass is 10.1. The van der Waals surface area contributed by atoms with Gasteiger partial charge in [0.25, 0.3) is 11.8 Å². The zero-order valence-electron chi connectivity index (χ0n) is 20.7. The van der Waals surface area contributed by atoms with Gasteiger partial charge in [-0.3, -0.25) is 9.59 Å². The lowest BCUT2D eigenvalue weighted by Crippen LogP contribution is -2.49. The summed E-state index contributed by atoms with van der Waals surface area (Å²) >= 11 is 6.25. The van der Waals surface area contributed by atoms with Crippen LogP contribution in [0, 0.1) is 5.82 Å². The van der Waals surface area contributed by atoms with Crippen molar-refractivity contribution in [3.63, 3.8) is 0 Å². The first kappa shape index (κ1) is 26.1. The third kappa shape index (κ3) is 5.56. The number of halogens is 2. The van der Waals surface area contributed by atoms with Gasteiger partial charge in [0, 0.05) is 36.8 Å². The molecule has 0 saturated carbocycles. The van der Waals surface area contributed by atoms with Crippen LogP contribution in [0.15, 0.2) is 54.6 Å². The van der Waals surface area contributed by atoms with E-state index in [1.165, 1.54) is 33.5 Å². The van der Waals surface area contributed by atoms with Crippen LogP contribution in [0.25, 0.3) is 0 Å². The van der Waals surface area contributed by atoms with Crippen molar-refractivity contribution in [2.45, 2.75) is 0 Å². The number of ether oxygens (including phenoxy) is 3. The second kappa shape index (κ2) is 11.4. The highest BCUT2D eigenvalue weighted by atomic mass is 35.5. The zero-order valence-corrected chi connectivity index (χ0v) is 21.5. The van der Waals surface area contributed by atoms with Gasteiger partial charge < -0.3 is 29.3 Å². The second-order valence-electron chi connectivity index (χ2n) is 8.29. The van der Waals surface area contributed by atoms with Crippen molar-refractivity contribution in [3.05, 3.63) is 76.6 Å². The van der Waals surface area contributed by atoms with Gasteiger partial charge in [0.2, 0.25) is 5.75 Å². The van der Waals surface area contributed by atoms with E-state index in [0.717, 1.165) is 5.69 Å². The maximum atomic E-state index is 14.1. The van der Waals surface area contributed by atoms with Crippen LogP contribution in [-0.4, -0.2) is 64.2 Å². The van der Waals surface area contributed by atoms with E-state index in [4.69, 9.17) is 25.8 Å². The summed E-state index contributed by atoms with van der Waals surface area (Å²) in [4.78, 5) is 29.7. The molecule has 0 aliphatic carbocycles. The number of carbonyl (C=O) groups excluding carboxylic acids is 2. The van der Waals surface area contributed by atoms with E-state index in [-0.39, 0.29) is 11.5 Å². The standard InChI is InChI=1S/C27H27ClFN3O5/c1-35-23-14-17(15-24(36-2)25(23)37-3)26(33)30-21-16-18(28)8-9-22(21)31-10-12-32(13-11-31)27(34)19-6-4-5-7-20(19)29/h4-9,14-16H,10-13H2,1-3H3,(H,30,33). The van der Waals surface area contributed by atoms with Gasteiger partial charge in [0.15, 0.2) is 11.5 Å². The van der Waals surface area contributed by atoms with Crippen molar-refractivity contribution in [3.8, 4) is 17.2 Å². The Labute approximate surface area is 219 Å². The molecule has 1 saturated heterocycles. The minimum atomic E-state index is -0.538. The molecule has 37 heavy (non-hydrogen) atoms. The number of benzene rings is 3. The highest BCUT2D eigenvalue weighted by Gasteiger charge is 2.26. The minimum Gasteiger partial charge on any atom is -0.493 e. The van der Waals surface area contributed by atoms with E-state index in [1.807, 2.05) is 11.0 Å². The van der Waals surface area contributed by atoms with Gasteiger partial charge in [-0.05, 0) is 42.5 Å². The highest BCUT2D eigenvalue weighted by Crippen LogP contribution is 2.39. The number of rotatable bonds is 7. The van der Waals surface area contributed by atoms with E-state index in [9.17, 15) is 14.0 Å². The lowest BCUT2D eigenvalue weighted by molar-refractivity contribution is 0.0742. The van der Waals surface area contributed by atoms with Crippen LogP contribution in [0.3, 0.4) is 0 Å². The van der Waals surface area contributed by atoms with Gasteiger partial charge in [0.05, 0.1) is 38.3 Å². The molecule has 1 N–H and O–H groups in total. The third-order valence-corrected chi connectivity index (χ3v) is 6.38. The van der Waals surface area contributed by atoms with Crippen LogP contribution < -0.4 is 24.4 Å². The second-order valence-corrected chi connectivity index (χ2v) is 8.73. The summed E-state index contributed by atoms with van der Waals surface area (Å²) in [7, 11) is 4.44. The number of amides is 2. The average Bonchev–Trinajstić information content (AvgIpc) is 2.92. The van der Waals surface area contributed by atoms with Crippen LogP contribution in [0.5, 0.6) is 17.2 Å². The fraction of sp³-hybridized carbons (Fsp3) is 0.259. The average molecular weight is 528 g/mol. The number of piperazine rings is 1. The van der Waals surface area contributed by atoms with Crippen molar-refractivity contribution in [1.82, 2.24) is 4.90 Å². The molecule has 1 aliphatic heterocycles.